The molecule has 0 aliphatic heterocycles. The summed E-state index contributed by atoms with van der Waals surface area (Å²) < 4.78 is 15.1. The van der Waals surface area contributed by atoms with E-state index in [2.05, 4.69) is 20.8 Å². The minimum atomic E-state index is -0.824. The Kier molecular flexibility index (Phi) is 5.53. The third-order valence-electron chi connectivity index (χ3n) is 4.37. The molecule has 28 heavy (non-hydrogen) atoms. The number of hydrogen-bond donors (Lipinski definition) is 3. The molecular weight excluding hydrogens is 365 g/mol. The molecule has 9 heteroatoms. The number of nitrogens with zero attached hydrogens (tertiary/aromatic N) is 2. The average molecular weight is 385 g/mol. The van der Waals surface area contributed by atoms with Crippen LogP contribution in [0, 0.1) is 15.9 Å². The maximum Gasteiger partial charge on any atom is 0.296 e. The summed E-state index contributed by atoms with van der Waals surface area (Å²) in [6.07, 6.45) is 0.904. The van der Waals surface area contributed by atoms with Gasteiger partial charge in [0.25, 0.3) is 5.69 Å². The Hall–Kier alpha value is -3.49. The minimum absolute atomic E-state index is 0.0137. The van der Waals surface area contributed by atoms with Gasteiger partial charge in [-0.25, -0.2) is 4.39 Å². The van der Waals surface area contributed by atoms with Crippen molar-refractivity contribution in [1.82, 2.24) is 10.2 Å². The minimum Gasteiger partial charge on any atom is -0.370 e. The van der Waals surface area contributed by atoms with Crippen LogP contribution in [-0.4, -0.2) is 21.0 Å². The summed E-state index contributed by atoms with van der Waals surface area (Å²) in [7, 11) is 0. The summed E-state index contributed by atoms with van der Waals surface area (Å²) in [4.78, 5) is 22.7. The fourth-order valence-electron chi connectivity index (χ4n) is 2.94. The first-order valence-corrected chi connectivity index (χ1v) is 8.88. The summed E-state index contributed by atoms with van der Waals surface area (Å²) >= 11 is 0. The molecule has 0 aliphatic rings. The van der Waals surface area contributed by atoms with Crippen LogP contribution in [0.5, 0.6) is 0 Å². The Morgan fingerprint density at radius 2 is 2.07 bits per heavy atom. The van der Waals surface area contributed by atoms with Crippen LogP contribution >= 0.6 is 0 Å². The highest BCUT2D eigenvalue weighted by Crippen LogP contribution is 2.37. The fourth-order valence-corrected chi connectivity index (χ4v) is 2.94. The van der Waals surface area contributed by atoms with Crippen LogP contribution in [0.3, 0.4) is 0 Å². The molecule has 1 heterocycles. The zero-order valence-electron chi connectivity index (χ0n) is 15.5. The van der Waals surface area contributed by atoms with E-state index in [9.17, 15) is 14.9 Å². The molecule has 146 valence electrons. The van der Waals surface area contributed by atoms with Crippen molar-refractivity contribution in [3.05, 3.63) is 57.9 Å². The van der Waals surface area contributed by atoms with Crippen LogP contribution in [0.25, 0.3) is 10.9 Å². The Balaban J connectivity index is 2.03. The number of hydrogen-bond acceptors (Lipinski definition) is 5. The number of anilines is 2. The van der Waals surface area contributed by atoms with Gasteiger partial charge in [0.1, 0.15) is 5.52 Å². The largest absolute Gasteiger partial charge is 0.370 e. The monoisotopic (exact) mass is 385 g/mol. The van der Waals surface area contributed by atoms with Gasteiger partial charge in [0.2, 0.25) is 5.91 Å². The molecule has 1 unspecified atom stereocenters. The van der Waals surface area contributed by atoms with Crippen molar-refractivity contribution in [2.24, 2.45) is 0 Å². The lowest BCUT2D eigenvalue weighted by molar-refractivity contribution is -0.384. The fraction of sp³-hybridized carbons (Fsp3) is 0.263. The van der Waals surface area contributed by atoms with Crippen LogP contribution < -0.4 is 10.6 Å². The Labute approximate surface area is 160 Å². The molecular formula is C19H20FN5O3. The van der Waals surface area contributed by atoms with Gasteiger partial charge >= 0.3 is 0 Å². The van der Waals surface area contributed by atoms with Crippen molar-refractivity contribution < 1.29 is 14.1 Å². The molecule has 1 aromatic heterocycles. The van der Waals surface area contributed by atoms with Gasteiger partial charge in [-0.2, -0.15) is 5.10 Å². The molecule has 0 aliphatic carbocycles. The second kappa shape index (κ2) is 8.03. The molecule has 3 N–H and O–H groups in total. The summed E-state index contributed by atoms with van der Waals surface area (Å²) in [5.74, 6) is -1.05. The SMILES string of the molecule is CCCC(=O)Nc1n[nH]c2c(F)c(NC(C)c3ccccc3)c([N+](=O)[O-])cc12. The van der Waals surface area contributed by atoms with Crippen LogP contribution in [0.15, 0.2) is 36.4 Å². The molecule has 2 aromatic carbocycles. The van der Waals surface area contributed by atoms with E-state index in [0.717, 1.165) is 5.56 Å². The van der Waals surface area contributed by atoms with Crippen molar-refractivity contribution in [1.29, 1.82) is 0 Å². The average Bonchev–Trinajstić information content (AvgIpc) is 3.07. The van der Waals surface area contributed by atoms with Crippen LogP contribution in [0.1, 0.15) is 38.3 Å². The number of nitro groups is 1. The zero-order chi connectivity index (χ0) is 20.3. The molecule has 1 amide bonds. The first kappa shape index (κ1) is 19.3. The molecule has 3 aromatic rings. The number of amides is 1. The highest BCUT2D eigenvalue weighted by Gasteiger charge is 2.26. The third kappa shape index (κ3) is 3.78. The molecule has 0 saturated heterocycles. The molecule has 0 saturated carbocycles. The number of aromatic nitrogens is 2. The van der Waals surface area contributed by atoms with E-state index in [4.69, 9.17) is 0 Å². The molecule has 0 fully saturated rings. The smallest absolute Gasteiger partial charge is 0.296 e. The first-order valence-electron chi connectivity index (χ1n) is 8.88. The summed E-state index contributed by atoms with van der Waals surface area (Å²) in [5, 5.41) is 23.6. The molecule has 1 atom stereocenters. The molecule has 0 radical (unpaired) electrons. The first-order chi connectivity index (χ1) is 13.4. The van der Waals surface area contributed by atoms with Gasteiger partial charge in [-0.1, -0.05) is 37.3 Å². The topological polar surface area (TPSA) is 113 Å². The van der Waals surface area contributed by atoms with E-state index in [1.807, 2.05) is 37.3 Å². The van der Waals surface area contributed by atoms with Gasteiger partial charge in [0.05, 0.1) is 10.3 Å². The predicted molar refractivity (Wildman–Crippen MR) is 105 cm³/mol. The standard InChI is InChI=1S/C19H20FN5O3/c1-3-7-15(26)22-19-13-10-14(25(27)28)18(16(20)17(13)23-24-19)21-11(2)12-8-5-4-6-9-12/h4-6,8-11,21H,3,7H2,1-2H3,(H2,22,23,24,26). The zero-order valence-corrected chi connectivity index (χ0v) is 15.5. The third-order valence-corrected chi connectivity index (χ3v) is 4.37. The van der Waals surface area contributed by atoms with E-state index in [1.165, 1.54) is 6.07 Å². The number of fused-ring (bicyclic) bond motifs is 1. The molecule has 0 bridgehead atoms. The van der Waals surface area contributed by atoms with Gasteiger partial charge in [0.15, 0.2) is 17.3 Å². The quantitative estimate of drug-likeness (QED) is 0.409. The van der Waals surface area contributed by atoms with Gasteiger partial charge < -0.3 is 10.6 Å². The lowest BCUT2D eigenvalue weighted by atomic mass is 10.1. The van der Waals surface area contributed by atoms with Gasteiger partial charge in [-0.3, -0.25) is 20.0 Å². The van der Waals surface area contributed by atoms with E-state index in [-0.39, 0.29) is 40.8 Å². The number of carbonyl (C=O) groups is 1. The second-order valence-corrected chi connectivity index (χ2v) is 6.41. The number of carbonyl (C=O) groups excluding carboxylic acids is 1. The van der Waals surface area contributed by atoms with Crippen molar-refractivity contribution in [3.8, 4) is 0 Å². The Morgan fingerprint density at radius 3 is 2.71 bits per heavy atom. The number of halogens is 1. The van der Waals surface area contributed by atoms with Crippen LogP contribution in [0.2, 0.25) is 0 Å². The number of rotatable bonds is 7. The molecule has 0 spiro atoms. The predicted octanol–water partition coefficient (Wildman–Crippen LogP) is 4.52. The molecule has 8 nitrogen and oxygen atoms in total. The summed E-state index contributed by atoms with van der Waals surface area (Å²) in [6.45, 7) is 3.63. The maximum absolute atomic E-state index is 15.1. The highest BCUT2D eigenvalue weighted by atomic mass is 19.1. The van der Waals surface area contributed by atoms with Crippen molar-refractivity contribution >= 4 is 34.0 Å². The van der Waals surface area contributed by atoms with Crippen molar-refractivity contribution in [2.45, 2.75) is 32.7 Å². The van der Waals surface area contributed by atoms with Crippen LogP contribution in [-0.2, 0) is 4.79 Å². The van der Waals surface area contributed by atoms with E-state index in [0.29, 0.717) is 6.42 Å². The van der Waals surface area contributed by atoms with E-state index in [1.54, 1.807) is 6.92 Å². The second-order valence-electron chi connectivity index (χ2n) is 6.41. The van der Waals surface area contributed by atoms with Gasteiger partial charge in [-0.05, 0) is 18.9 Å². The van der Waals surface area contributed by atoms with Gasteiger partial charge in [0, 0.05) is 18.5 Å². The number of aromatic amines is 1. The summed E-state index contributed by atoms with van der Waals surface area (Å²) in [6, 6.07) is 10.1. The lowest BCUT2D eigenvalue weighted by Crippen LogP contribution is -2.11. The maximum atomic E-state index is 15.1. The number of nitro benzene ring substituents is 1. The van der Waals surface area contributed by atoms with E-state index >= 15 is 4.39 Å². The Morgan fingerprint density at radius 1 is 1.36 bits per heavy atom. The number of nitrogens with one attached hydrogen (secondary N) is 3. The Bertz CT molecular complexity index is 1020. The normalized spacial score (nSPS) is 12.0. The number of H-pyrrole nitrogens is 1. The van der Waals surface area contributed by atoms with E-state index < -0.39 is 16.4 Å². The van der Waals surface area contributed by atoms with Gasteiger partial charge in [-0.15, -0.1) is 0 Å². The van der Waals surface area contributed by atoms with Crippen LogP contribution in [0.4, 0.5) is 21.6 Å². The molecule has 3 rings (SSSR count). The highest BCUT2D eigenvalue weighted by molar-refractivity contribution is 6.02. The summed E-state index contributed by atoms with van der Waals surface area (Å²) in [5.41, 5.74) is 0.178. The lowest BCUT2D eigenvalue weighted by Gasteiger charge is -2.16. The number of benzene rings is 2. The van der Waals surface area contributed by atoms with Crippen molar-refractivity contribution in [3.63, 3.8) is 0 Å². The van der Waals surface area contributed by atoms with Crippen molar-refractivity contribution in [2.75, 3.05) is 10.6 Å².